The van der Waals surface area contributed by atoms with Crippen LogP contribution in [0.4, 0.5) is 10.5 Å². The van der Waals surface area contributed by atoms with E-state index in [9.17, 15) is 14.4 Å². The van der Waals surface area contributed by atoms with E-state index in [4.69, 9.17) is 16.0 Å². The van der Waals surface area contributed by atoms with E-state index in [0.717, 1.165) is 21.6 Å². The van der Waals surface area contributed by atoms with Crippen molar-refractivity contribution in [3.63, 3.8) is 0 Å². The molecule has 1 N–H and O–H groups in total. The number of hydrogen-bond acceptors (Lipinski definition) is 6. The van der Waals surface area contributed by atoms with Crippen LogP contribution in [-0.2, 0) is 9.59 Å². The fraction of sp³-hybridized carbons (Fsp3) is 0.0455. The van der Waals surface area contributed by atoms with Gasteiger partial charge in [0.25, 0.3) is 11.1 Å². The molecule has 0 aliphatic carbocycles. The smallest absolute Gasteiger partial charge is 0.294 e. The molecule has 3 aromatic rings. The summed E-state index contributed by atoms with van der Waals surface area (Å²) >= 11 is 8.05. The zero-order chi connectivity index (χ0) is 21.8. The van der Waals surface area contributed by atoms with Crippen LogP contribution in [-0.4, -0.2) is 28.5 Å². The van der Waals surface area contributed by atoms with Crippen molar-refractivity contribution in [3.05, 3.63) is 82.4 Å². The Bertz CT molecular complexity index is 1160. The third kappa shape index (κ3) is 5.41. The molecule has 156 valence electrons. The molecule has 2 aromatic carbocycles. The number of rotatable bonds is 6. The number of carbonyl (C=O) groups is 3. The predicted molar refractivity (Wildman–Crippen MR) is 122 cm³/mol. The zero-order valence-corrected chi connectivity index (χ0v) is 18.3. The fourth-order valence-corrected chi connectivity index (χ4v) is 4.46. The molecule has 1 fully saturated rings. The van der Waals surface area contributed by atoms with Crippen LogP contribution in [0.3, 0.4) is 0 Å². The molecule has 1 aliphatic rings. The summed E-state index contributed by atoms with van der Waals surface area (Å²) in [5.41, 5.74) is 0.524. The lowest BCUT2D eigenvalue weighted by Crippen LogP contribution is -2.36. The van der Waals surface area contributed by atoms with Crippen molar-refractivity contribution in [1.82, 2.24) is 4.90 Å². The summed E-state index contributed by atoms with van der Waals surface area (Å²) in [5.74, 6) is -0.560. The van der Waals surface area contributed by atoms with Crippen LogP contribution in [0, 0.1) is 0 Å². The normalized spacial score (nSPS) is 15.0. The van der Waals surface area contributed by atoms with Crippen LogP contribution < -0.4 is 5.32 Å². The lowest BCUT2D eigenvalue weighted by molar-refractivity contribution is -0.127. The molecule has 0 unspecified atom stereocenters. The molecule has 6 nitrogen and oxygen atoms in total. The molecule has 4 rings (SSSR count). The summed E-state index contributed by atoms with van der Waals surface area (Å²) in [5, 5.41) is 3.33. The van der Waals surface area contributed by atoms with Crippen molar-refractivity contribution in [3.8, 4) is 0 Å². The number of amides is 3. The highest BCUT2D eigenvalue weighted by atomic mass is 35.5. The van der Waals surface area contributed by atoms with Crippen molar-refractivity contribution in [2.24, 2.45) is 0 Å². The first-order valence-electron chi connectivity index (χ1n) is 9.11. The summed E-state index contributed by atoms with van der Waals surface area (Å²) in [6.45, 7) is -0.377. The largest absolute Gasteiger partial charge is 0.450 e. The van der Waals surface area contributed by atoms with E-state index in [-0.39, 0.29) is 11.4 Å². The number of imide groups is 1. The number of nitrogens with one attached hydrogen (secondary N) is 1. The summed E-state index contributed by atoms with van der Waals surface area (Å²) in [6.07, 6.45) is 1.51. The van der Waals surface area contributed by atoms with Gasteiger partial charge >= 0.3 is 0 Å². The maximum atomic E-state index is 12.6. The molecule has 0 radical (unpaired) electrons. The van der Waals surface area contributed by atoms with Crippen LogP contribution in [0.5, 0.6) is 0 Å². The maximum absolute atomic E-state index is 12.6. The standard InChI is InChI=1S/C22H15ClN2O4S2/c23-14-6-8-15(9-7-14)24-19(26)13-25-21(27)18(31-22(25)28)12-16-10-11-20(29-16)30-17-4-2-1-3-5-17/h1-12H,13H2,(H,24,26)/b18-12-. The van der Waals surface area contributed by atoms with Crippen LogP contribution in [0.15, 0.2) is 86.0 Å². The molecule has 1 saturated heterocycles. The van der Waals surface area contributed by atoms with Gasteiger partial charge in [0.1, 0.15) is 12.3 Å². The van der Waals surface area contributed by atoms with Gasteiger partial charge in [0.15, 0.2) is 5.09 Å². The lowest BCUT2D eigenvalue weighted by Gasteiger charge is -2.12. The maximum Gasteiger partial charge on any atom is 0.294 e. The van der Waals surface area contributed by atoms with Gasteiger partial charge in [-0.1, -0.05) is 41.6 Å². The minimum absolute atomic E-state index is 0.204. The van der Waals surface area contributed by atoms with Crippen LogP contribution in [0.2, 0.25) is 5.02 Å². The van der Waals surface area contributed by atoms with E-state index in [1.165, 1.54) is 17.8 Å². The molecular weight excluding hydrogens is 456 g/mol. The first-order chi connectivity index (χ1) is 15.0. The van der Waals surface area contributed by atoms with Gasteiger partial charge in [-0.25, -0.2) is 0 Å². The first kappa shape index (κ1) is 21.3. The molecule has 1 aliphatic heterocycles. The van der Waals surface area contributed by atoms with Crippen molar-refractivity contribution in [2.45, 2.75) is 9.99 Å². The monoisotopic (exact) mass is 470 g/mol. The SMILES string of the molecule is O=C(CN1C(=O)S/C(=C\c2ccc(Sc3ccccc3)o2)C1=O)Nc1ccc(Cl)cc1. The van der Waals surface area contributed by atoms with E-state index in [2.05, 4.69) is 5.32 Å². The number of anilines is 1. The Balaban J connectivity index is 1.40. The van der Waals surface area contributed by atoms with Gasteiger partial charge in [0.05, 0.1) is 4.91 Å². The lowest BCUT2D eigenvalue weighted by atomic mass is 10.3. The van der Waals surface area contributed by atoms with E-state index in [1.807, 2.05) is 30.3 Å². The Morgan fingerprint density at radius 3 is 2.55 bits per heavy atom. The molecule has 0 saturated carbocycles. The van der Waals surface area contributed by atoms with E-state index in [0.29, 0.717) is 21.6 Å². The first-order valence-corrected chi connectivity index (χ1v) is 11.1. The van der Waals surface area contributed by atoms with Gasteiger partial charge in [-0.2, -0.15) is 0 Å². The van der Waals surface area contributed by atoms with Gasteiger partial charge in [-0.15, -0.1) is 0 Å². The van der Waals surface area contributed by atoms with Crippen molar-refractivity contribution in [2.75, 3.05) is 11.9 Å². The second-order valence-corrected chi connectivity index (χ2v) is 8.90. The van der Waals surface area contributed by atoms with Crippen LogP contribution in [0.1, 0.15) is 5.76 Å². The molecule has 9 heteroatoms. The second kappa shape index (κ2) is 9.47. The van der Waals surface area contributed by atoms with Gasteiger partial charge < -0.3 is 9.73 Å². The number of furan rings is 1. The highest BCUT2D eigenvalue weighted by Gasteiger charge is 2.36. The molecule has 0 atom stereocenters. The summed E-state index contributed by atoms with van der Waals surface area (Å²) < 4.78 is 5.74. The molecule has 0 spiro atoms. The average molecular weight is 471 g/mol. The number of halogens is 1. The van der Waals surface area contributed by atoms with E-state index in [1.54, 1.807) is 36.4 Å². The predicted octanol–water partition coefficient (Wildman–Crippen LogP) is 5.76. The Morgan fingerprint density at radius 1 is 1.06 bits per heavy atom. The fourth-order valence-electron chi connectivity index (χ4n) is 2.71. The van der Waals surface area contributed by atoms with Gasteiger partial charge in [0, 0.05) is 21.7 Å². The molecule has 31 heavy (non-hydrogen) atoms. The minimum atomic E-state index is -0.532. The van der Waals surface area contributed by atoms with Crippen LogP contribution in [0.25, 0.3) is 6.08 Å². The Labute approximate surface area is 191 Å². The Hall–Kier alpha value is -2.94. The van der Waals surface area contributed by atoms with Crippen molar-refractivity contribution >= 4 is 63.9 Å². The van der Waals surface area contributed by atoms with Gasteiger partial charge in [-0.3, -0.25) is 19.3 Å². The number of thioether (sulfide) groups is 1. The topological polar surface area (TPSA) is 79.6 Å². The molecule has 2 heterocycles. The summed E-state index contributed by atoms with van der Waals surface area (Å²) in [4.78, 5) is 39.3. The summed E-state index contributed by atoms with van der Waals surface area (Å²) in [7, 11) is 0. The van der Waals surface area contributed by atoms with Gasteiger partial charge in [-0.05, 0) is 60.3 Å². The number of carbonyl (C=O) groups excluding carboxylic acids is 3. The Morgan fingerprint density at radius 2 is 1.81 bits per heavy atom. The minimum Gasteiger partial charge on any atom is -0.450 e. The van der Waals surface area contributed by atoms with E-state index < -0.39 is 17.1 Å². The highest BCUT2D eigenvalue weighted by molar-refractivity contribution is 8.18. The summed E-state index contributed by atoms with van der Waals surface area (Å²) in [6, 6.07) is 19.8. The quantitative estimate of drug-likeness (QED) is 0.461. The van der Waals surface area contributed by atoms with Crippen molar-refractivity contribution < 1.29 is 18.8 Å². The highest BCUT2D eigenvalue weighted by Crippen LogP contribution is 2.34. The van der Waals surface area contributed by atoms with Crippen molar-refractivity contribution in [1.29, 1.82) is 0 Å². The molecule has 0 bridgehead atoms. The number of benzene rings is 2. The van der Waals surface area contributed by atoms with Crippen LogP contribution >= 0.6 is 35.1 Å². The third-order valence-electron chi connectivity index (χ3n) is 4.14. The average Bonchev–Trinajstić information content (AvgIpc) is 3.30. The van der Waals surface area contributed by atoms with E-state index >= 15 is 0 Å². The molecular formula is C22H15ClN2O4S2. The number of hydrogen-bond donors (Lipinski definition) is 1. The molecule has 1 aromatic heterocycles. The molecule has 3 amide bonds. The third-order valence-corrected chi connectivity index (χ3v) is 6.23. The zero-order valence-electron chi connectivity index (χ0n) is 15.9. The number of nitrogens with zero attached hydrogens (tertiary/aromatic N) is 1. The second-order valence-electron chi connectivity index (χ2n) is 6.39. The van der Waals surface area contributed by atoms with Gasteiger partial charge in [0.2, 0.25) is 5.91 Å². The Kier molecular flexibility index (Phi) is 6.50.